The van der Waals surface area contributed by atoms with Gasteiger partial charge in [0.05, 0.1) is 18.4 Å². The minimum atomic E-state index is -0.222. The molecule has 112 valence electrons. The van der Waals surface area contributed by atoms with Gasteiger partial charge in [0.1, 0.15) is 18.6 Å². The standard InChI is InChI=1S/C16H13NO5/c18-16(12-5-8-19-10-12)17-6-1-2-7-20-13-3-4-14-15(9-13)22-11-21-14/h3-5,8-10H,6-7,11H2,(H,17,18). The highest BCUT2D eigenvalue weighted by atomic mass is 16.7. The van der Waals surface area contributed by atoms with Gasteiger partial charge in [-0.25, -0.2) is 0 Å². The van der Waals surface area contributed by atoms with Crippen LogP contribution in [0.2, 0.25) is 0 Å². The van der Waals surface area contributed by atoms with Crippen molar-refractivity contribution < 1.29 is 23.4 Å². The molecule has 0 spiro atoms. The lowest BCUT2D eigenvalue weighted by Crippen LogP contribution is -2.23. The molecular weight excluding hydrogens is 286 g/mol. The van der Waals surface area contributed by atoms with Gasteiger partial charge >= 0.3 is 0 Å². The minimum Gasteiger partial charge on any atom is -0.481 e. The van der Waals surface area contributed by atoms with Gasteiger partial charge in [0.25, 0.3) is 5.91 Å². The van der Waals surface area contributed by atoms with Gasteiger partial charge in [-0.05, 0) is 18.2 Å². The summed E-state index contributed by atoms with van der Waals surface area (Å²) < 4.78 is 20.8. The van der Waals surface area contributed by atoms with Gasteiger partial charge in [-0.15, -0.1) is 0 Å². The molecule has 0 atom stereocenters. The van der Waals surface area contributed by atoms with E-state index < -0.39 is 0 Å². The molecule has 2 aromatic rings. The van der Waals surface area contributed by atoms with E-state index in [1.807, 2.05) is 0 Å². The topological polar surface area (TPSA) is 69.9 Å². The number of ether oxygens (including phenoxy) is 3. The largest absolute Gasteiger partial charge is 0.481 e. The predicted molar refractivity (Wildman–Crippen MR) is 76.9 cm³/mol. The lowest BCUT2D eigenvalue weighted by molar-refractivity contribution is 0.0958. The summed E-state index contributed by atoms with van der Waals surface area (Å²) >= 11 is 0. The van der Waals surface area contributed by atoms with Gasteiger partial charge in [0.15, 0.2) is 11.5 Å². The first-order chi connectivity index (χ1) is 10.8. The van der Waals surface area contributed by atoms with Crippen LogP contribution in [0.5, 0.6) is 17.2 Å². The van der Waals surface area contributed by atoms with Gasteiger partial charge in [0, 0.05) is 6.07 Å². The van der Waals surface area contributed by atoms with Gasteiger partial charge in [-0.2, -0.15) is 0 Å². The van der Waals surface area contributed by atoms with Crippen LogP contribution in [0.3, 0.4) is 0 Å². The molecule has 1 aromatic carbocycles. The van der Waals surface area contributed by atoms with E-state index in [2.05, 4.69) is 17.2 Å². The molecule has 1 amide bonds. The molecule has 0 bridgehead atoms. The van der Waals surface area contributed by atoms with Gasteiger partial charge in [0.2, 0.25) is 6.79 Å². The van der Waals surface area contributed by atoms with Crippen LogP contribution in [0.4, 0.5) is 0 Å². The zero-order valence-corrected chi connectivity index (χ0v) is 11.6. The Hall–Kier alpha value is -3.07. The maximum Gasteiger partial charge on any atom is 0.255 e. The average Bonchev–Trinajstić information content (AvgIpc) is 3.20. The summed E-state index contributed by atoms with van der Waals surface area (Å²) in [7, 11) is 0. The molecule has 0 aliphatic carbocycles. The molecule has 3 rings (SSSR count). The number of carbonyl (C=O) groups is 1. The van der Waals surface area contributed by atoms with E-state index in [1.54, 1.807) is 24.3 Å². The smallest absolute Gasteiger partial charge is 0.255 e. The quantitative estimate of drug-likeness (QED) is 0.872. The molecule has 2 heterocycles. The van der Waals surface area contributed by atoms with Crippen molar-refractivity contribution in [1.82, 2.24) is 5.32 Å². The van der Waals surface area contributed by atoms with E-state index in [9.17, 15) is 4.79 Å². The molecular formula is C16H13NO5. The monoisotopic (exact) mass is 299 g/mol. The Morgan fingerprint density at radius 3 is 3.00 bits per heavy atom. The number of nitrogens with one attached hydrogen (secondary N) is 1. The van der Waals surface area contributed by atoms with Crippen molar-refractivity contribution in [1.29, 1.82) is 0 Å². The number of rotatable bonds is 4. The first-order valence-corrected chi connectivity index (χ1v) is 6.61. The number of furan rings is 1. The van der Waals surface area contributed by atoms with Crippen LogP contribution >= 0.6 is 0 Å². The second-order valence-corrected chi connectivity index (χ2v) is 4.35. The Morgan fingerprint density at radius 2 is 2.14 bits per heavy atom. The summed E-state index contributed by atoms with van der Waals surface area (Å²) in [5.74, 6) is 7.43. The number of carbonyl (C=O) groups excluding carboxylic acids is 1. The highest BCUT2D eigenvalue weighted by molar-refractivity contribution is 5.93. The van der Waals surface area contributed by atoms with Crippen molar-refractivity contribution in [2.75, 3.05) is 19.9 Å². The van der Waals surface area contributed by atoms with E-state index in [0.717, 1.165) is 0 Å². The maximum atomic E-state index is 11.6. The second-order valence-electron chi connectivity index (χ2n) is 4.35. The van der Waals surface area contributed by atoms with Crippen molar-refractivity contribution in [2.24, 2.45) is 0 Å². The van der Waals surface area contributed by atoms with E-state index in [0.29, 0.717) is 22.8 Å². The fraction of sp³-hybridized carbons (Fsp3) is 0.188. The van der Waals surface area contributed by atoms with Crippen LogP contribution in [-0.2, 0) is 0 Å². The first kappa shape index (κ1) is 13.9. The fourth-order valence-electron chi connectivity index (χ4n) is 1.82. The van der Waals surface area contributed by atoms with Crippen molar-refractivity contribution in [3.05, 3.63) is 42.4 Å². The Bertz CT molecular complexity index is 712. The Balaban J connectivity index is 1.41. The van der Waals surface area contributed by atoms with Crippen molar-refractivity contribution >= 4 is 5.91 Å². The predicted octanol–water partition coefficient (Wildman–Crippen LogP) is 1.82. The van der Waals surface area contributed by atoms with Crippen molar-refractivity contribution in [2.45, 2.75) is 0 Å². The molecule has 6 heteroatoms. The Labute approximate surface area is 127 Å². The summed E-state index contributed by atoms with van der Waals surface area (Å²) in [6.07, 6.45) is 2.82. The second kappa shape index (κ2) is 6.59. The number of benzene rings is 1. The highest BCUT2D eigenvalue weighted by Crippen LogP contribution is 2.34. The summed E-state index contributed by atoms with van der Waals surface area (Å²) in [6, 6.07) is 6.92. The van der Waals surface area contributed by atoms with Gasteiger partial charge < -0.3 is 23.9 Å². The van der Waals surface area contributed by atoms with Crippen LogP contribution in [0.25, 0.3) is 0 Å². The highest BCUT2D eigenvalue weighted by Gasteiger charge is 2.13. The number of fused-ring (bicyclic) bond motifs is 1. The summed E-state index contributed by atoms with van der Waals surface area (Å²) in [5.41, 5.74) is 0.471. The zero-order chi connectivity index (χ0) is 15.2. The summed E-state index contributed by atoms with van der Waals surface area (Å²) in [6.45, 7) is 0.699. The molecule has 1 N–H and O–H groups in total. The molecule has 0 saturated carbocycles. The number of hydrogen-bond acceptors (Lipinski definition) is 5. The molecule has 22 heavy (non-hydrogen) atoms. The van der Waals surface area contributed by atoms with E-state index in [-0.39, 0.29) is 25.9 Å². The third kappa shape index (κ3) is 3.33. The number of hydrogen-bond donors (Lipinski definition) is 1. The van der Waals surface area contributed by atoms with Gasteiger partial charge in [-0.3, -0.25) is 4.79 Å². The van der Waals surface area contributed by atoms with Crippen LogP contribution < -0.4 is 19.5 Å². The molecule has 0 saturated heterocycles. The normalized spacial score (nSPS) is 11.5. The lowest BCUT2D eigenvalue weighted by Gasteiger charge is -2.02. The first-order valence-electron chi connectivity index (χ1n) is 6.61. The molecule has 0 unspecified atom stereocenters. The Kier molecular flexibility index (Phi) is 4.16. The molecule has 6 nitrogen and oxygen atoms in total. The van der Waals surface area contributed by atoms with E-state index >= 15 is 0 Å². The number of amides is 1. The van der Waals surface area contributed by atoms with E-state index in [1.165, 1.54) is 12.5 Å². The average molecular weight is 299 g/mol. The molecule has 0 fully saturated rings. The third-order valence-corrected chi connectivity index (χ3v) is 2.90. The molecule has 0 radical (unpaired) electrons. The Morgan fingerprint density at radius 1 is 1.23 bits per heavy atom. The fourth-order valence-corrected chi connectivity index (χ4v) is 1.82. The molecule has 1 aliphatic rings. The summed E-state index contributed by atoms with van der Waals surface area (Å²) in [4.78, 5) is 11.6. The summed E-state index contributed by atoms with van der Waals surface area (Å²) in [5, 5.41) is 2.65. The maximum absolute atomic E-state index is 11.6. The van der Waals surface area contributed by atoms with E-state index in [4.69, 9.17) is 18.6 Å². The molecule has 1 aliphatic heterocycles. The van der Waals surface area contributed by atoms with Crippen molar-refractivity contribution in [3.8, 4) is 29.1 Å². The van der Waals surface area contributed by atoms with Gasteiger partial charge in [-0.1, -0.05) is 11.8 Å². The third-order valence-electron chi connectivity index (χ3n) is 2.90. The zero-order valence-electron chi connectivity index (χ0n) is 11.6. The minimum absolute atomic E-state index is 0.222. The van der Waals surface area contributed by atoms with Crippen LogP contribution in [0.15, 0.2) is 41.2 Å². The van der Waals surface area contributed by atoms with Crippen molar-refractivity contribution in [3.63, 3.8) is 0 Å². The van der Waals surface area contributed by atoms with Crippen LogP contribution in [-0.4, -0.2) is 25.9 Å². The van der Waals surface area contributed by atoms with Crippen LogP contribution in [0.1, 0.15) is 10.4 Å². The molecule has 1 aromatic heterocycles. The lowest BCUT2D eigenvalue weighted by atomic mass is 10.3. The SMILES string of the molecule is O=C(NCC#CCOc1ccc2c(c1)OCO2)c1ccoc1. The van der Waals surface area contributed by atoms with Crippen LogP contribution in [0, 0.1) is 11.8 Å².